The lowest BCUT2D eigenvalue weighted by molar-refractivity contribution is -0.149. The molecular weight excluding hydrogens is 456 g/mol. The number of rotatable bonds is 4. The quantitative estimate of drug-likeness (QED) is 0.496. The molecular formula is C20H22N4O6S2. The van der Waals surface area contributed by atoms with Crippen molar-refractivity contribution in [3.8, 4) is 0 Å². The summed E-state index contributed by atoms with van der Waals surface area (Å²) in [6.45, 7) is 5.60. The largest absolute Gasteiger partial charge is 0.477 e. The number of aromatic nitrogens is 1. The van der Waals surface area contributed by atoms with Crippen LogP contribution in [0.25, 0.3) is 0 Å². The molecule has 1 aromatic heterocycles. The lowest BCUT2D eigenvalue weighted by Crippen LogP contribution is -2.70. The second kappa shape index (κ2) is 8.24. The molecule has 32 heavy (non-hydrogen) atoms. The minimum absolute atomic E-state index is 0.158. The van der Waals surface area contributed by atoms with Crippen molar-refractivity contribution >= 4 is 52.1 Å². The van der Waals surface area contributed by atoms with Gasteiger partial charge in [0.05, 0.1) is 0 Å². The molecule has 0 radical (unpaired) electrons. The average molecular weight is 479 g/mol. The summed E-state index contributed by atoms with van der Waals surface area (Å²) in [5, 5.41) is 14.2. The number of ether oxygens (including phenoxy) is 1. The number of hydrogen-bond donors (Lipinski definition) is 2. The molecule has 3 aliphatic rings. The van der Waals surface area contributed by atoms with E-state index in [0.29, 0.717) is 29.2 Å². The molecule has 0 bridgehead atoms. The Morgan fingerprint density at radius 1 is 1.34 bits per heavy atom. The number of β-lactam (4-membered cyclic amide) rings is 1. The SMILES string of the molecule is CC(C)(C)OC(=O)N[C@@H]1C(=O)N2C(C(=O)O)=C(/C=C3\CCN(c4nccs4)C3=O)CS[C@H]12. The number of carbonyl (C=O) groups is 4. The Hall–Kier alpha value is -2.86. The number of aliphatic carboxylic acids is 1. The monoisotopic (exact) mass is 478 g/mol. The molecule has 2 N–H and O–H groups in total. The van der Waals surface area contributed by atoms with Crippen LogP contribution in [0.15, 0.2) is 34.5 Å². The summed E-state index contributed by atoms with van der Waals surface area (Å²) in [6.07, 6.45) is 2.92. The molecule has 2 saturated heterocycles. The fourth-order valence-corrected chi connectivity index (χ4v) is 5.65. The molecule has 0 aromatic carbocycles. The Balaban J connectivity index is 1.54. The number of nitrogens with one attached hydrogen (secondary N) is 1. The first-order valence-electron chi connectivity index (χ1n) is 9.89. The van der Waals surface area contributed by atoms with Gasteiger partial charge >= 0.3 is 12.1 Å². The Morgan fingerprint density at radius 2 is 2.09 bits per heavy atom. The summed E-state index contributed by atoms with van der Waals surface area (Å²) in [4.78, 5) is 56.4. The summed E-state index contributed by atoms with van der Waals surface area (Å²) >= 11 is 2.69. The molecule has 0 aliphatic carbocycles. The van der Waals surface area contributed by atoms with Crippen LogP contribution >= 0.6 is 23.1 Å². The molecule has 4 rings (SSSR count). The van der Waals surface area contributed by atoms with E-state index >= 15 is 0 Å². The molecule has 0 saturated carbocycles. The van der Waals surface area contributed by atoms with Crippen molar-refractivity contribution in [1.82, 2.24) is 15.2 Å². The van der Waals surface area contributed by atoms with Crippen molar-refractivity contribution in [2.24, 2.45) is 0 Å². The van der Waals surface area contributed by atoms with Crippen molar-refractivity contribution < 1.29 is 29.0 Å². The van der Waals surface area contributed by atoms with Gasteiger partial charge in [-0.05, 0) is 38.8 Å². The van der Waals surface area contributed by atoms with Crippen LogP contribution in [0.5, 0.6) is 0 Å². The topological polar surface area (TPSA) is 129 Å². The molecule has 3 aliphatic heterocycles. The van der Waals surface area contributed by atoms with E-state index in [1.54, 1.807) is 43.3 Å². The average Bonchev–Trinajstić information content (AvgIpc) is 3.34. The zero-order valence-electron chi connectivity index (χ0n) is 17.7. The first-order chi connectivity index (χ1) is 15.1. The van der Waals surface area contributed by atoms with Gasteiger partial charge in [-0.15, -0.1) is 23.1 Å². The number of anilines is 1. The maximum atomic E-state index is 12.8. The number of amides is 3. The molecule has 2 atom stereocenters. The van der Waals surface area contributed by atoms with Crippen LogP contribution in [-0.4, -0.2) is 68.2 Å². The molecule has 4 heterocycles. The number of carboxylic acid groups (broad SMARTS) is 1. The van der Waals surface area contributed by atoms with Crippen LogP contribution in [0, 0.1) is 0 Å². The Kier molecular flexibility index (Phi) is 5.76. The third-order valence-corrected chi connectivity index (χ3v) is 7.09. The number of hydrogen-bond acceptors (Lipinski definition) is 8. The number of fused-ring (bicyclic) bond motifs is 1. The van der Waals surface area contributed by atoms with Crippen molar-refractivity contribution in [3.63, 3.8) is 0 Å². The van der Waals surface area contributed by atoms with E-state index in [-0.39, 0.29) is 17.4 Å². The smallest absolute Gasteiger partial charge is 0.408 e. The van der Waals surface area contributed by atoms with E-state index in [1.165, 1.54) is 28.0 Å². The standard InChI is InChI=1S/C20H22N4O6S2/c1-20(2,3)30-19(29)22-12-15(26)24-13(17(27)28)11(9-32-16(12)24)8-10-4-6-23(14(10)25)18-21-5-7-31-18/h5,7-8,12,16H,4,6,9H2,1-3H3,(H,22,29)(H,27,28)/b10-8+/t12-,16-/m1/s1. The number of thiazole rings is 1. The van der Waals surface area contributed by atoms with Gasteiger partial charge in [0, 0.05) is 29.4 Å². The minimum Gasteiger partial charge on any atom is -0.477 e. The predicted octanol–water partition coefficient (Wildman–Crippen LogP) is 1.95. The number of allylic oxidation sites excluding steroid dienone is 1. The van der Waals surface area contributed by atoms with E-state index in [1.807, 2.05) is 0 Å². The maximum absolute atomic E-state index is 12.8. The summed E-state index contributed by atoms with van der Waals surface area (Å²) < 4.78 is 5.19. The molecule has 3 amide bonds. The first kappa shape index (κ1) is 22.3. The van der Waals surface area contributed by atoms with Gasteiger partial charge < -0.3 is 15.2 Å². The lowest BCUT2D eigenvalue weighted by Gasteiger charge is -2.49. The zero-order chi connectivity index (χ0) is 23.2. The highest BCUT2D eigenvalue weighted by Gasteiger charge is 2.54. The third-order valence-electron chi connectivity index (χ3n) is 5.00. The Labute approximate surface area is 192 Å². The minimum atomic E-state index is -1.26. The van der Waals surface area contributed by atoms with Crippen LogP contribution in [-0.2, 0) is 19.1 Å². The molecule has 10 nitrogen and oxygen atoms in total. The summed E-state index contributed by atoms with van der Waals surface area (Å²) in [6, 6.07) is -0.869. The van der Waals surface area contributed by atoms with Crippen molar-refractivity contribution in [1.29, 1.82) is 0 Å². The Morgan fingerprint density at radius 3 is 2.72 bits per heavy atom. The van der Waals surface area contributed by atoms with Crippen LogP contribution in [0.4, 0.5) is 9.93 Å². The summed E-state index contributed by atoms with van der Waals surface area (Å²) in [7, 11) is 0. The number of nitrogens with zero attached hydrogens (tertiary/aromatic N) is 3. The van der Waals surface area contributed by atoms with Crippen LogP contribution in [0.3, 0.4) is 0 Å². The van der Waals surface area contributed by atoms with Gasteiger partial charge in [-0.25, -0.2) is 14.6 Å². The van der Waals surface area contributed by atoms with E-state index in [0.717, 1.165) is 0 Å². The number of carboxylic acids is 1. The van der Waals surface area contributed by atoms with Crippen molar-refractivity contribution in [2.75, 3.05) is 17.2 Å². The molecule has 0 spiro atoms. The molecule has 12 heteroatoms. The van der Waals surface area contributed by atoms with Gasteiger partial charge in [-0.1, -0.05) is 0 Å². The fraction of sp³-hybridized carbons (Fsp3) is 0.450. The molecule has 1 aromatic rings. The van der Waals surface area contributed by atoms with Gasteiger partial charge in [-0.2, -0.15) is 0 Å². The predicted molar refractivity (Wildman–Crippen MR) is 118 cm³/mol. The van der Waals surface area contributed by atoms with Crippen molar-refractivity contribution in [3.05, 3.63) is 34.5 Å². The summed E-state index contributed by atoms with van der Waals surface area (Å²) in [5.41, 5.74) is -0.00668. The first-order valence-corrected chi connectivity index (χ1v) is 11.8. The second-order valence-corrected chi connectivity index (χ2v) is 10.4. The highest BCUT2D eigenvalue weighted by Crippen LogP contribution is 2.41. The zero-order valence-corrected chi connectivity index (χ0v) is 19.3. The highest BCUT2D eigenvalue weighted by molar-refractivity contribution is 8.00. The van der Waals surface area contributed by atoms with Crippen molar-refractivity contribution in [2.45, 2.75) is 44.2 Å². The van der Waals surface area contributed by atoms with E-state index in [4.69, 9.17) is 4.74 Å². The summed E-state index contributed by atoms with van der Waals surface area (Å²) in [5.74, 6) is -1.71. The van der Waals surface area contributed by atoms with Crippen LogP contribution < -0.4 is 10.2 Å². The maximum Gasteiger partial charge on any atom is 0.408 e. The second-order valence-electron chi connectivity index (χ2n) is 8.40. The van der Waals surface area contributed by atoms with Gasteiger partial charge in [0.15, 0.2) is 5.13 Å². The molecule has 0 unspecified atom stereocenters. The number of thioether (sulfide) groups is 1. The van der Waals surface area contributed by atoms with Crippen LogP contribution in [0.2, 0.25) is 0 Å². The fourth-order valence-electron chi connectivity index (χ4n) is 3.68. The number of carbonyl (C=O) groups excluding carboxylic acids is 3. The lowest BCUT2D eigenvalue weighted by atomic mass is 10.0. The third kappa shape index (κ3) is 4.11. The van der Waals surface area contributed by atoms with E-state index in [9.17, 15) is 24.3 Å². The van der Waals surface area contributed by atoms with Gasteiger partial charge in [0.1, 0.15) is 22.7 Å². The number of alkyl carbamates (subject to hydrolysis) is 1. The normalized spacial score (nSPS) is 24.5. The van der Waals surface area contributed by atoms with E-state index < -0.39 is 35.0 Å². The van der Waals surface area contributed by atoms with E-state index in [2.05, 4.69) is 10.3 Å². The Bertz CT molecular complexity index is 1040. The molecule has 170 valence electrons. The van der Waals surface area contributed by atoms with Gasteiger partial charge in [-0.3, -0.25) is 19.4 Å². The highest BCUT2D eigenvalue weighted by atomic mass is 32.2. The molecule has 2 fully saturated rings. The van der Waals surface area contributed by atoms with Gasteiger partial charge in [0.2, 0.25) is 0 Å². The van der Waals surface area contributed by atoms with Gasteiger partial charge in [0.25, 0.3) is 11.8 Å². The van der Waals surface area contributed by atoms with Crippen LogP contribution in [0.1, 0.15) is 27.2 Å².